The van der Waals surface area contributed by atoms with Crippen LogP contribution in [0.1, 0.15) is 31.8 Å². The maximum absolute atomic E-state index is 12.8. The number of carboxylic acid groups (broad SMARTS) is 2. The van der Waals surface area contributed by atoms with Crippen LogP contribution in [-0.4, -0.2) is 39.0 Å². The lowest BCUT2D eigenvalue weighted by atomic mass is 9.99. The van der Waals surface area contributed by atoms with Gasteiger partial charge in [-0.1, -0.05) is 47.5 Å². The van der Waals surface area contributed by atoms with Gasteiger partial charge >= 0.3 is 11.9 Å². The van der Waals surface area contributed by atoms with Crippen LogP contribution in [0.15, 0.2) is 94.7 Å². The number of aromatic carboxylic acids is 2. The molecule has 0 aliphatic rings. The predicted octanol–water partition coefficient (Wildman–Crippen LogP) is 4.97. The van der Waals surface area contributed by atoms with Crippen molar-refractivity contribution in [2.24, 2.45) is 0 Å². The van der Waals surface area contributed by atoms with E-state index in [-0.39, 0.29) is 43.4 Å². The largest absolute Gasteiger partial charge is 0.478 e. The van der Waals surface area contributed by atoms with E-state index in [0.717, 1.165) is 11.1 Å². The fourth-order valence-corrected chi connectivity index (χ4v) is 5.98. The summed E-state index contributed by atoms with van der Waals surface area (Å²) >= 11 is 0. The molecule has 12 heteroatoms. The summed E-state index contributed by atoms with van der Waals surface area (Å²) in [6, 6.07) is 19.8. The maximum atomic E-state index is 12.8. The van der Waals surface area contributed by atoms with E-state index in [1.165, 1.54) is 60.7 Å². The second-order valence-electron chi connectivity index (χ2n) is 8.97. The number of rotatable bonds is 9. The van der Waals surface area contributed by atoms with Gasteiger partial charge in [-0.2, -0.15) is 0 Å². The minimum absolute atomic E-state index is 0.0479. The zero-order chi connectivity index (χ0) is 29.2. The molecule has 0 bridgehead atoms. The zero-order valence-corrected chi connectivity index (χ0v) is 22.9. The smallest absolute Gasteiger partial charge is 0.337 e. The quantitative estimate of drug-likeness (QED) is 0.215. The molecule has 0 unspecified atom stereocenters. The molecular weight excluding hydrogens is 556 g/mol. The Morgan fingerprint density at radius 1 is 0.550 bits per heavy atom. The van der Waals surface area contributed by atoms with Crippen LogP contribution in [0.25, 0.3) is 11.1 Å². The fourth-order valence-electron chi connectivity index (χ4n) is 3.82. The molecule has 4 rings (SSSR count). The Balaban J connectivity index is 1.69. The highest BCUT2D eigenvalue weighted by Crippen LogP contribution is 2.31. The van der Waals surface area contributed by atoms with Gasteiger partial charge < -0.3 is 10.2 Å². The maximum Gasteiger partial charge on any atom is 0.337 e. The molecule has 4 aromatic rings. The summed E-state index contributed by atoms with van der Waals surface area (Å²) in [6.07, 6.45) is 0. The van der Waals surface area contributed by atoms with E-state index < -0.39 is 32.0 Å². The Morgan fingerprint density at radius 3 is 1.18 bits per heavy atom. The van der Waals surface area contributed by atoms with Crippen molar-refractivity contribution >= 4 is 43.4 Å². The molecule has 0 radical (unpaired) electrons. The Hall–Kier alpha value is -4.68. The van der Waals surface area contributed by atoms with E-state index >= 15 is 0 Å². The first-order chi connectivity index (χ1) is 18.8. The van der Waals surface area contributed by atoms with Crippen LogP contribution in [0.4, 0.5) is 11.4 Å². The molecule has 0 spiro atoms. The number of carbonyl (C=O) groups is 2. The van der Waals surface area contributed by atoms with Gasteiger partial charge in [-0.15, -0.1) is 0 Å². The number of hydrogen-bond acceptors (Lipinski definition) is 6. The first-order valence-corrected chi connectivity index (χ1v) is 14.7. The van der Waals surface area contributed by atoms with Crippen molar-refractivity contribution in [1.29, 1.82) is 0 Å². The molecule has 4 aromatic carbocycles. The number of carboxylic acids is 2. The minimum atomic E-state index is -4.09. The van der Waals surface area contributed by atoms with Crippen LogP contribution in [0.3, 0.4) is 0 Å². The van der Waals surface area contributed by atoms with Crippen LogP contribution in [0.2, 0.25) is 0 Å². The van der Waals surface area contributed by atoms with Crippen molar-refractivity contribution in [2.45, 2.75) is 23.6 Å². The molecule has 0 aliphatic carbocycles. The van der Waals surface area contributed by atoms with Crippen molar-refractivity contribution in [3.05, 3.63) is 107 Å². The fraction of sp³-hybridized carbons (Fsp3) is 0.0714. The third-order valence-electron chi connectivity index (χ3n) is 5.98. The Kier molecular flexibility index (Phi) is 7.67. The molecule has 0 heterocycles. The molecule has 0 aliphatic heterocycles. The molecule has 0 fully saturated rings. The molecule has 0 saturated carbocycles. The third-order valence-corrected chi connectivity index (χ3v) is 8.75. The van der Waals surface area contributed by atoms with Gasteiger partial charge in [0.2, 0.25) is 0 Å². The summed E-state index contributed by atoms with van der Waals surface area (Å²) in [5.41, 5.74) is 1.14. The van der Waals surface area contributed by atoms with Crippen LogP contribution in [-0.2, 0) is 20.0 Å². The van der Waals surface area contributed by atoms with E-state index in [9.17, 15) is 36.6 Å². The van der Waals surface area contributed by atoms with Gasteiger partial charge in [0.15, 0.2) is 0 Å². The average Bonchev–Trinajstić information content (AvgIpc) is 2.89. The van der Waals surface area contributed by atoms with Gasteiger partial charge in [0.25, 0.3) is 20.0 Å². The van der Waals surface area contributed by atoms with E-state index in [0.29, 0.717) is 0 Å². The third kappa shape index (κ3) is 6.14. The van der Waals surface area contributed by atoms with Gasteiger partial charge in [0.1, 0.15) is 0 Å². The van der Waals surface area contributed by atoms with Crippen molar-refractivity contribution in [3.8, 4) is 11.1 Å². The number of hydrogen-bond donors (Lipinski definition) is 4. The highest BCUT2D eigenvalue weighted by atomic mass is 32.2. The number of aryl methyl sites for hydroxylation is 2. The SMILES string of the molecule is Cc1ccc(S(=O)(=O)Nc2ccc(-c3ccc(NS(=O)(=O)c4ccc(C)cc4)c(C(=O)O)c3)cc2C(=O)O)cc1. The molecular formula is C28H24N2O8S2. The highest BCUT2D eigenvalue weighted by Gasteiger charge is 2.22. The Morgan fingerprint density at radius 2 is 0.875 bits per heavy atom. The zero-order valence-electron chi connectivity index (χ0n) is 21.2. The van der Waals surface area contributed by atoms with Gasteiger partial charge in [0, 0.05) is 0 Å². The number of nitrogens with one attached hydrogen (secondary N) is 2. The van der Waals surface area contributed by atoms with Crippen molar-refractivity contribution in [3.63, 3.8) is 0 Å². The second-order valence-corrected chi connectivity index (χ2v) is 12.3. The first-order valence-electron chi connectivity index (χ1n) is 11.7. The standard InChI is InChI=1S/C28H24N2O8S2/c1-17-3-9-21(10-4-17)39(35,36)29-25-13-7-19(15-23(25)27(31)32)20-8-14-26(24(16-20)28(33)34)30-40(37,38)22-11-5-18(2)6-12-22/h3-16,29-30H,1-2H3,(H,31,32)(H,33,34). The summed E-state index contributed by atoms with van der Waals surface area (Å²) in [5.74, 6) is -2.83. The van der Waals surface area contributed by atoms with Crippen molar-refractivity contribution in [1.82, 2.24) is 0 Å². The Bertz CT molecular complexity index is 1700. The molecule has 0 saturated heterocycles. The molecule has 4 N–H and O–H groups in total. The number of anilines is 2. The topological polar surface area (TPSA) is 167 Å². The monoisotopic (exact) mass is 580 g/mol. The van der Waals surface area contributed by atoms with Gasteiger partial charge in [-0.3, -0.25) is 9.44 Å². The highest BCUT2D eigenvalue weighted by molar-refractivity contribution is 7.93. The summed E-state index contributed by atoms with van der Waals surface area (Å²) in [6.45, 7) is 3.60. The van der Waals surface area contributed by atoms with Crippen LogP contribution >= 0.6 is 0 Å². The molecule has 0 amide bonds. The van der Waals surface area contributed by atoms with Gasteiger partial charge in [-0.05, 0) is 73.5 Å². The molecule has 0 aromatic heterocycles. The second kappa shape index (κ2) is 10.8. The normalized spacial score (nSPS) is 11.6. The first kappa shape index (κ1) is 28.3. The van der Waals surface area contributed by atoms with Crippen LogP contribution in [0, 0.1) is 13.8 Å². The summed E-state index contributed by atoms with van der Waals surface area (Å²) in [4.78, 5) is 23.9. The molecule has 206 valence electrons. The summed E-state index contributed by atoms with van der Waals surface area (Å²) < 4.78 is 55.8. The van der Waals surface area contributed by atoms with Crippen LogP contribution in [0.5, 0.6) is 0 Å². The van der Waals surface area contributed by atoms with E-state index in [4.69, 9.17) is 0 Å². The number of sulfonamides is 2. The van der Waals surface area contributed by atoms with E-state index in [1.807, 2.05) is 0 Å². The Labute approximate surface area is 231 Å². The summed E-state index contributed by atoms with van der Waals surface area (Å²) in [5, 5.41) is 19.6. The number of benzene rings is 4. The molecule has 10 nitrogen and oxygen atoms in total. The average molecular weight is 581 g/mol. The van der Waals surface area contributed by atoms with Crippen molar-refractivity contribution in [2.75, 3.05) is 9.44 Å². The van der Waals surface area contributed by atoms with Gasteiger partial charge in [0.05, 0.1) is 32.3 Å². The lowest BCUT2D eigenvalue weighted by Crippen LogP contribution is -2.16. The molecule has 0 atom stereocenters. The van der Waals surface area contributed by atoms with E-state index in [2.05, 4.69) is 9.44 Å². The predicted molar refractivity (Wildman–Crippen MR) is 150 cm³/mol. The lowest BCUT2D eigenvalue weighted by molar-refractivity contribution is 0.0687. The lowest BCUT2D eigenvalue weighted by Gasteiger charge is -2.14. The molecule has 40 heavy (non-hydrogen) atoms. The van der Waals surface area contributed by atoms with Crippen LogP contribution < -0.4 is 9.44 Å². The summed E-state index contributed by atoms with van der Waals surface area (Å²) in [7, 11) is -8.17. The minimum Gasteiger partial charge on any atom is -0.478 e. The van der Waals surface area contributed by atoms with E-state index in [1.54, 1.807) is 38.1 Å². The van der Waals surface area contributed by atoms with Gasteiger partial charge in [-0.25, -0.2) is 26.4 Å². The van der Waals surface area contributed by atoms with Crippen molar-refractivity contribution < 1.29 is 36.6 Å².